The van der Waals surface area contributed by atoms with Gasteiger partial charge in [0.2, 0.25) is 5.78 Å². The zero-order valence-electron chi connectivity index (χ0n) is 25.3. The van der Waals surface area contributed by atoms with Crippen molar-refractivity contribution in [2.24, 2.45) is 35.3 Å². The van der Waals surface area contributed by atoms with Gasteiger partial charge in [-0.15, -0.1) is 0 Å². The van der Waals surface area contributed by atoms with Gasteiger partial charge in [-0.2, -0.15) is 0 Å². The minimum absolute atomic E-state index is 0.0101. The number of nitrogens with zero attached hydrogens (tertiary/aromatic N) is 2. The molecule has 5 fully saturated rings. The molecule has 0 radical (unpaired) electrons. The van der Waals surface area contributed by atoms with E-state index in [1.54, 1.807) is 0 Å². The van der Waals surface area contributed by atoms with Gasteiger partial charge < -0.3 is 26.2 Å². The Hall–Kier alpha value is -3.28. The fourth-order valence-corrected chi connectivity index (χ4v) is 10.4. The van der Waals surface area contributed by atoms with Crippen molar-refractivity contribution in [3.63, 3.8) is 0 Å². The van der Waals surface area contributed by atoms with Gasteiger partial charge in [0.25, 0.3) is 5.91 Å². The number of ketones is 2. The van der Waals surface area contributed by atoms with Crippen LogP contribution in [0, 0.1) is 35.4 Å². The summed E-state index contributed by atoms with van der Waals surface area (Å²) in [5, 5.41) is 45.2. The molecule has 8 rings (SSSR count). The van der Waals surface area contributed by atoms with Gasteiger partial charge in [-0.3, -0.25) is 24.2 Å². The number of rotatable bonds is 5. The zero-order valence-corrected chi connectivity index (χ0v) is 25.3. The van der Waals surface area contributed by atoms with Gasteiger partial charge in [-0.05, 0) is 102 Å². The number of likely N-dealkylation sites (N-methyl/N-ethyl adjacent to an activating group) is 1. The molecule has 236 valence electrons. The number of hydrogen-bond acceptors (Lipinski definition) is 9. The van der Waals surface area contributed by atoms with Crippen LogP contribution >= 0.6 is 0 Å². The molecule has 7 aliphatic rings. The molecule has 0 unspecified atom stereocenters. The summed E-state index contributed by atoms with van der Waals surface area (Å²) in [5.74, 6) is -5.90. The van der Waals surface area contributed by atoms with E-state index in [0.717, 1.165) is 19.3 Å². The Labute approximate surface area is 255 Å². The van der Waals surface area contributed by atoms with Crippen molar-refractivity contribution in [3.8, 4) is 5.75 Å². The normalized spacial score (nSPS) is 37.5. The highest BCUT2D eigenvalue weighted by atomic mass is 19.1. The highest BCUT2D eigenvalue weighted by molar-refractivity contribution is 6.24. The fraction of sp³-hybridized carbons (Fsp3) is 0.606. The first-order chi connectivity index (χ1) is 20.7. The van der Waals surface area contributed by atoms with Gasteiger partial charge in [-0.1, -0.05) is 0 Å². The number of nitrogens with two attached hydrogens (primary N) is 1. The quantitative estimate of drug-likeness (QED) is 0.316. The van der Waals surface area contributed by atoms with Gasteiger partial charge in [-0.25, -0.2) is 4.39 Å². The Bertz CT molecular complexity index is 1550. The number of phenolic OH excluding ortho intramolecular Hbond substituents is 1. The number of Topliss-reactive ketones (excluding diaryl/α,β-unsaturated/α-hetero) is 2. The molecule has 1 aromatic rings. The van der Waals surface area contributed by atoms with E-state index in [9.17, 15) is 34.8 Å². The van der Waals surface area contributed by atoms with Gasteiger partial charge in [0.15, 0.2) is 11.4 Å². The number of aliphatic hydroxyl groups is 3. The van der Waals surface area contributed by atoms with Crippen molar-refractivity contribution in [3.05, 3.63) is 45.5 Å². The highest BCUT2D eigenvalue weighted by Crippen LogP contribution is 2.58. The number of phenols is 1. The molecular formula is C33H40FN3O7. The van der Waals surface area contributed by atoms with Crippen LogP contribution < -0.4 is 5.73 Å². The van der Waals surface area contributed by atoms with E-state index in [1.165, 1.54) is 44.3 Å². The zero-order chi connectivity index (χ0) is 31.6. The molecule has 1 aromatic carbocycles. The second-order valence-electron chi connectivity index (χ2n) is 14.7. The lowest BCUT2D eigenvalue weighted by Gasteiger charge is -2.60. The smallest absolute Gasteiger partial charge is 0.255 e. The molecule has 4 atom stereocenters. The number of aliphatic hydroxyl groups excluding tert-OH is 2. The van der Waals surface area contributed by atoms with E-state index >= 15 is 4.39 Å². The number of hydrogen-bond donors (Lipinski definition) is 5. The molecule has 10 nitrogen and oxygen atoms in total. The summed E-state index contributed by atoms with van der Waals surface area (Å²) >= 11 is 0. The lowest BCUT2D eigenvalue weighted by Crippen LogP contribution is -2.65. The standard InChI is InChI=1S/C33H40FN3O7/c1-36(2)26-20-8-17-7-19-23(27(39)22(17)29(41)33(20,44)30(42)24(28(26)40)31(35)43)21(38)9-18(25(19)34)13-37(3)32-10-14-4-15(11-32)6-16(5-14)12-32/h9,14-17,20,26,38-39,42,44H,4-8,10-13H2,1-3H3,(H2,35,43)/t14?,15?,16?,17-,20-,26-,32?,33-/m0/s1. The Balaban J connectivity index is 1.28. The largest absolute Gasteiger partial charge is 0.508 e. The van der Waals surface area contributed by atoms with Crippen LogP contribution in [0.25, 0.3) is 5.76 Å². The van der Waals surface area contributed by atoms with Crippen molar-refractivity contribution in [2.45, 2.75) is 75.1 Å². The van der Waals surface area contributed by atoms with Crippen LogP contribution in [-0.2, 0) is 27.3 Å². The Morgan fingerprint density at radius 2 is 1.61 bits per heavy atom. The Kier molecular flexibility index (Phi) is 6.43. The maximum absolute atomic E-state index is 16.4. The average molecular weight is 610 g/mol. The second-order valence-corrected chi connectivity index (χ2v) is 14.7. The minimum atomic E-state index is -2.72. The fourth-order valence-electron chi connectivity index (χ4n) is 10.4. The minimum Gasteiger partial charge on any atom is -0.508 e. The van der Waals surface area contributed by atoms with Crippen LogP contribution in [0.15, 0.2) is 23.0 Å². The molecule has 0 heterocycles. The highest BCUT2D eigenvalue weighted by Gasteiger charge is 2.64. The van der Waals surface area contributed by atoms with Gasteiger partial charge >= 0.3 is 0 Å². The molecular weight excluding hydrogens is 569 g/mol. The molecule has 0 aliphatic heterocycles. The summed E-state index contributed by atoms with van der Waals surface area (Å²) in [7, 11) is 5.11. The van der Waals surface area contributed by atoms with Crippen molar-refractivity contribution in [2.75, 3.05) is 21.1 Å². The van der Waals surface area contributed by atoms with Crippen molar-refractivity contribution < 1.29 is 39.2 Å². The topological polar surface area (TPSA) is 165 Å². The van der Waals surface area contributed by atoms with Crippen LogP contribution in [-0.4, -0.2) is 86.0 Å². The van der Waals surface area contributed by atoms with Gasteiger partial charge in [0.05, 0.1) is 11.6 Å². The number of benzene rings is 1. The first kappa shape index (κ1) is 29.4. The Morgan fingerprint density at radius 1 is 1.02 bits per heavy atom. The van der Waals surface area contributed by atoms with E-state index < -0.39 is 63.9 Å². The van der Waals surface area contributed by atoms with E-state index in [2.05, 4.69) is 4.90 Å². The molecule has 0 spiro atoms. The van der Waals surface area contributed by atoms with Crippen LogP contribution in [0.1, 0.15) is 61.6 Å². The third-order valence-electron chi connectivity index (χ3n) is 12.0. The third kappa shape index (κ3) is 3.84. The lowest BCUT2D eigenvalue weighted by molar-refractivity contribution is -0.153. The SMILES string of the molecule is CN(C)[C@@H]1C(=O)C(C(N)=O)=C(O)[C@@]2(O)C(=O)C3=C(O)c4c(O)cc(CN(C)C56CC7CC(CC(C7)C5)C6)c(F)c4C[C@H]3C[C@@H]12. The number of aromatic hydroxyl groups is 1. The first-order valence-corrected chi connectivity index (χ1v) is 15.6. The monoisotopic (exact) mass is 609 g/mol. The molecule has 1 amide bonds. The van der Waals surface area contributed by atoms with Gasteiger partial charge in [0.1, 0.15) is 28.7 Å². The Morgan fingerprint density at radius 3 is 2.16 bits per heavy atom. The summed E-state index contributed by atoms with van der Waals surface area (Å²) in [4.78, 5) is 43.1. The maximum Gasteiger partial charge on any atom is 0.255 e. The van der Waals surface area contributed by atoms with Crippen LogP contribution in [0.2, 0.25) is 0 Å². The van der Waals surface area contributed by atoms with Crippen molar-refractivity contribution in [1.29, 1.82) is 0 Å². The molecule has 0 aromatic heterocycles. The second kappa shape index (κ2) is 9.61. The van der Waals surface area contributed by atoms with E-state index in [-0.39, 0.29) is 47.4 Å². The van der Waals surface area contributed by atoms with E-state index in [4.69, 9.17) is 5.73 Å². The first-order valence-electron chi connectivity index (χ1n) is 15.6. The summed E-state index contributed by atoms with van der Waals surface area (Å²) in [6, 6.07) is 0.114. The van der Waals surface area contributed by atoms with Crippen LogP contribution in [0.5, 0.6) is 5.75 Å². The number of halogens is 1. The number of carbonyl (C=O) groups excluding carboxylic acids is 3. The third-order valence-corrected chi connectivity index (χ3v) is 12.0. The van der Waals surface area contributed by atoms with E-state index in [1.807, 2.05) is 7.05 Å². The molecule has 0 saturated heterocycles. The number of fused-ring (bicyclic) bond motifs is 3. The van der Waals surface area contributed by atoms with Gasteiger partial charge in [0, 0.05) is 34.7 Å². The number of carbonyl (C=O) groups is 3. The van der Waals surface area contributed by atoms with Crippen LogP contribution in [0.4, 0.5) is 4.39 Å². The molecule has 7 aliphatic carbocycles. The van der Waals surface area contributed by atoms with Crippen molar-refractivity contribution >= 4 is 23.2 Å². The molecule has 4 bridgehead atoms. The molecule has 44 heavy (non-hydrogen) atoms. The average Bonchev–Trinajstić information content (AvgIpc) is 2.92. The predicted octanol–water partition coefficient (Wildman–Crippen LogP) is 2.50. The molecule has 5 saturated carbocycles. The maximum atomic E-state index is 16.4. The van der Waals surface area contributed by atoms with E-state index in [0.29, 0.717) is 23.3 Å². The molecule has 6 N–H and O–H groups in total. The number of primary amides is 1. The van der Waals surface area contributed by atoms with Crippen molar-refractivity contribution in [1.82, 2.24) is 9.80 Å². The number of amides is 1. The summed E-state index contributed by atoms with van der Waals surface area (Å²) in [5.41, 5.74) is 1.66. The summed E-state index contributed by atoms with van der Waals surface area (Å²) in [6.07, 6.45) is 6.99. The summed E-state index contributed by atoms with van der Waals surface area (Å²) < 4.78 is 16.4. The summed E-state index contributed by atoms with van der Waals surface area (Å²) in [6.45, 7) is 0.286. The molecule has 11 heteroatoms. The van der Waals surface area contributed by atoms with Crippen LogP contribution in [0.3, 0.4) is 0 Å². The predicted molar refractivity (Wildman–Crippen MR) is 157 cm³/mol. The lowest BCUT2D eigenvalue weighted by atomic mass is 9.52.